The third-order valence-corrected chi connectivity index (χ3v) is 3.96. The highest BCUT2D eigenvalue weighted by Crippen LogP contribution is 2.16. The van der Waals surface area contributed by atoms with Gasteiger partial charge in [0.2, 0.25) is 5.91 Å². The number of rotatable bonds is 10. The van der Waals surface area contributed by atoms with Gasteiger partial charge in [0.25, 0.3) is 0 Å². The second-order valence-electron chi connectivity index (χ2n) is 6.55. The van der Waals surface area contributed by atoms with E-state index in [9.17, 15) is 9.59 Å². The van der Waals surface area contributed by atoms with Gasteiger partial charge in [0.1, 0.15) is 6.04 Å². The molecule has 0 saturated heterocycles. The van der Waals surface area contributed by atoms with Crippen molar-refractivity contribution >= 4 is 11.9 Å². The largest absolute Gasteiger partial charge is 0.480 e. The Morgan fingerprint density at radius 1 is 1.38 bits per heavy atom. The maximum absolute atomic E-state index is 12.1. The van der Waals surface area contributed by atoms with Gasteiger partial charge in [-0.3, -0.25) is 9.48 Å². The molecule has 1 atom stereocenters. The molecule has 0 aliphatic heterocycles. The molecule has 134 valence electrons. The van der Waals surface area contributed by atoms with E-state index in [0.29, 0.717) is 25.2 Å². The molecule has 1 amide bonds. The SMILES string of the molecule is C=CCCC(NC(=O)CCc1c(C)nn(CC(C)C)c1C)C(=O)O. The molecule has 1 aromatic heterocycles. The maximum atomic E-state index is 12.1. The molecule has 0 aliphatic carbocycles. The normalized spacial score (nSPS) is 12.2. The van der Waals surface area contributed by atoms with E-state index in [1.54, 1.807) is 6.08 Å². The minimum Gasteiger partial charge on any atom is -0.480 e. The molecule has 1 rings (SSSR count). The Morgan fingerprint density at radius 3 is 2.58 bits per heavy atom. The van der Waals surface area contributed by atoms with Crippen molar-refractivity contribution < 1.29 is 14.7 Å². The van der Waals surface area contributed by atoms with Crippen LogP contribution in [0.1, 0.15) is 50.1 Å². The Labute approximate surface area is 143 Å². The van der Waals surface area contributed by atoms with Crippen molar-refractivity contribution in [2.24, 2.45) is 5.92 Å². The molecule has 6 nitrogen and oxygen atoms in total. The summed E-state index contributed by atoms with van der Waals surface area (Å²) in [5.74, 6) is -0.760. The number of hydrogen-bond acceptors (Lipinski definition) is 3. The quantitative estimate of drug-likeness (QED) is 0.644. The van der Waals surface area contributed by atoms with Gasteiger partial charge in [0, 0.05) is 18.7 Å². The second kappa shape index (κ2) is 9.25. The van der Waals surface area contributed by atoms with E-state index >= 15 is 0 Å². The Hall–Kier alpha value is -2.11. The van der Waals surface area contributed by atoms with Gasteiger partial charge in [-0.05, 0) is 44.6 Å². The van der Waals surface area contributed by atoms with Crippen molar-refractivity contribution in [3.05, 3.63) is 29.6 Å². The van der Waals surface area contributed by atoms with E-state index < -0.39 is 12.0 Å². The number of aryl methyl sites for hydroxylation is 1. The van der Waals surface area contributed by atoms with Crippen molar-refractivity contribution in [2.45, 2.75) is 66.0 Å². The van der Waals surface area contributed by atoms with Gasteiger partial charge in [0.05, 0.1) is 5.69 Å². The second-order valence-corrected chi connectivity index (χ2v) is 6.55. The summed E-state index contributed by atoms with van der Waals surface area (Å²) in [5.41, 5.74) is 3.08. The molecule has 0 aliphatic rings. The number of carboxylic acids is 1. The molecule has 2 N–H and O–H groups in total. The maximum Gasteiger partial charge on any atom is 0.326 e. The van der Waals surface area contributed by atoms with Crippen molar-refractivity contribution in [2.75, 3.05) is 0 Å². The molecular formula is C18H29N3O3. The fourth-order valence-electron chi connectivity index (χ4n) is 2.67. The fourth-order valence-corrected chi connectivity index (χ4v) is 2.67. The molecular weight excluding hydrogens is 306 g/mol. The summed E-state index contributed by atoms with van der Waals surface area (Å²) in [6.07, 6.45) is 3.38. The van der Waals surface area contributed by atoms with Crippen LogP contribution in [-0.2, 0) is 22.6 Å². The van der Waals surface area contributed by atoms with E-state index in [2.05, 4.69) is 30.8 Å². The van der Waals surface area contributed by atoms with Crippen molar-refractivity contribution in [1.82, 2.24) is 15.1 Å². The zero-order valence-corrected chi connectivity index (χ0v) is 15.1. The van der Waals surface area contributed by atoms with Crippen LogP contribution >= 0.6 is 0 Å². The standard InChI is InChI=1S/C18H29N3O3/c1-6-7-8-16(18(23)24)19-17(22)10-9-15-13(4)20-21(14(15)5)11-12(2)3/h6,12,16H,1,7-11H2,2-5H3,(H,19,22)(H,23,24). The number of aromatic nitrogens is 2. The molecule has 0 fully saturated rings. The van der Waals surface area contributed by atoms with Crippen LogP contribution in [0.15, 0.2) is 12.7 Å². The summed E-state index contributed by atoms with van der Waals surface area (Å²) in [5, 5.41) is 16.3. The summed E-state index contributed by atoms with van der Waals surface area (Å²) in [6.45, 7) is 12.7. The first-order chi connectivity index (χ1) is 11.3. The summed E-state index contributed by atoms with van der Waals surface area (Å²) in [6, 6.07) is -0.860. The first kappa shape index (κ1) is 19.9. The lowest BCUT2D eigenvalue weighted by molar-refractivity contribution is -0.142. The van der Waals surface area contributed by atoms with E-state index in [1.807, 2.05) is 18.5 Å². The monoisotopic (exact) mass is 335 g/mol. The van der Waals surface area contributed by atoms with Crippen LogP contribution in [0.2, 0.25) is 0 Å². The van der Waals surface area contributed by atoms with Gasteiger partial charge in [-0.15, -0.1) is 6.58 Å². The number of carbonyl (C=O) groups is 2. The van der Waals surface area contributed by atoms with Crippen LogP contribution in [-0.4, -0.2) is 32.8 Å². The highest BCUT2D eigenvalue weighted by atomic mass is 16.4. The first-order valence-corrected chi connectivity index (χ1v) is 8.42. The number of hydrogen-bond donors (Lipinski definition) is 2. The minimum absolute atomic E-state index is 0.248. The van der Waals surface area contributed by atoms with Crippen LogP contribution in [0, 0.1) is 19.8 Å². The predicted molar refractivity (Wildman–Crippen MR) is 93.9 cm³/mol. The van der Waals surface area contributed by atoms with E-state index in [1.165, 1.54) is 0 Å². The lowest BCUT2D eigenvalue weighted by Crippen LogP contribution is -2.40. The zero-order chi connectivity index (χ0) is 18.3. The zero-order valence-electron chi connectivity index (χ0n) is 15.1. The number of carboxylic acid groups (broad SMARTS) is 1. The lowest BCUT2D eigenvalue weighted by atomic mass is 10.1. The van der Waals surface area contributed by atoms with Gasteiger partial charge >= 0.3 is 5.97 Å². The van der Waals surface area contributed by atoms with Crippen LogP contribution in [0.3, 0.4) is 0 Å². The molecule has 6 heteroatoms. The van der Waals surface area contributed by atoms with E-state index in [4.69, 9.17) is 5.11 Å². The van der Waals surface area contributed by atoms with Crippen LogP contribution < -0.4 is 5.32 Å². The predicted octanol–water partition coefficient (Wildman–Crippen LogP) is 2.62. The smallest absolute Gasteiger partial charge is 0.326 e. The molecule has 0 saturated carbocycles. The van der Waals surface area contributed by atoms with Gasteiger partial charge in [-0.1, -0.05) is 19.9 Å². The fraction of sp³-hybridized carbons (Fsp3) is 0.611. The van der Waals surface area contributed by atoms with Crippen molar-refractivity contribution in [3.8, 4) is 0 Å². The molecule has 0 bridgehead atoms. The van der Waals surface area contributed by atoms with Gasteiger partial charge in [-0.25, -0.2) is 4.79 Å². The molecule has 0 radical (unpaired) electrons. The lowest BCUT2D eigenvalue weighted by Gasteiger charge is -2.13. The highest BCUT2D eigenvalue weighted by molar-refractivity contribution is 5.83. The average Bonchev–Trinajstić information content (AvgIpc) is 2.74. The summed E-state index contributed by atoms with van der Waals surface area (Å²) >= 11 is 0. The number of aliphatic carboxylic acids is 1. The number of nitrogens with zero attached hydrogens (tertiary/aromatic N) is 2. The van der Waals surface area contributed by atoms with Crippen LogP contribution in [0.25, 0.3) is 0 Å². The Morgan fingerprint density at radius 2 is 2.04 bits per heavy atom. The third-order valence-electron chi connectivity index (χ3n) is 3.96. The third kappa shape index (κ3) is 5.83. The highest BCUT2D eigenvalue weighted by Gasteiger charge is 2.20. The van der Waals surface area contributed by atoms with Gasteiger partial charge in [0.15, 0.2) is 0 Å². The van der Waals surface area contributed by atoms with E-state index in [0.717, 1.165) is 23.5 Å². The number of amides is 1. The van der Waals surface area contributed by atoms with Gasteiger partial charge < -0.3 is 10.4 Å². The molecule has 0 aromatic carbocycles. The Kier molecular flexibility index (Phi) is 7.68. The Balaban J connectivity index is 2.65. The summed E-state index contributed by atoms with van der Waals surface area (Å²) in [7, 11) is 0. The first-order valence-electron chi connectivity index (χ1n) is 8.42. The average molecular weight is 335 g/mol. The Bertz CT molecular complexity index is 591. The van der Waals surface area contributed by atoms with Crippen LogP contribution in [0.4, 0.5) is 0 Å². The van der Waals surface area contributed by atoms with Crippen molar-refractivity contribution in [1.29, 1.82) is 0 Å². The minimum atomic E-state index is -1.01. The number of nitrogens with one attached hydrogen (secondary N) is 1. The van der Waals surface area contributed by atoms with Gasteiger partial charge in [-0.2, -0.15) is 5.10 Å². The molecule has 1 unspecified atom stereocenters. The molecule has 1 heterocycles. The van der Waals surface area contributed by atoms with Crippen LogP contribution in [0.5, 0.6) is 0 Å². The molecule has 0 spiro atoms. The van der Waals surface area contributed by atoms with Crippen molar-refractivity contribution in [3.63, 3.8) is 0 Å². The topological polar surface area (TPSA) is 84.2 Å². The molecule has 1 aromatic rings. The number of carbonyl (C=O) groups excluding carboxylic acids is 1. The van der Waals surface area contributed by atoms with E-state index in [-0.39, 0.29) is 12.3 Å². The summed E-state index contributed by atoms with van der Waals surface area (Å²) in [4.78, 5) is 23.2. The number of allylic oxidation sites excluding steroid dienone is 1. The molecule has 24 heavy (non-hydrogen) atoms. The summed E-state index contributed by atoms with van der Waals surface area (Å²) < 4.78 is 1.98.